The van der Waals surface area contributed by atoms with Crippen molar-refractivity contribution < 1.29 is 24.3 Å². The molecule has 2 unspecified atom stereocenters. The molecule has 8 heteroatoms. The van der Waals surface area contributed by atoms with Crippen LogP contribution < -0.4 is 11.1 Å². The van der Waals surface area contributed by atoms with Gasteiger partial charge in [-0.25, -0.2) is 0 Å². The summed E-state index contributed by atoms with van der Waals surface area (Å²) in [5.74, 6) is -1.00. The maximum atomic E-state index is 12.6. The van der Waals surface area contributed by atoms with Crippen molar-refractivity contribution in [1.82, 2.24) is 10.2 Å². The molecule has 8 nitrogen and oxygen atoms in total. The van der Waals surface area contributed by atoms with E-state index in [1.54, 1.807) is 0 Å². The van der Waals surface area contributed by atoms with E-state index < -0.39 is 12.0 Å². The smallest absolute Gasteiger partial charge is 0.229 e. The van der Waals surface area contributed by atoms with Crippen LogP contribution in [0.2, 0.25) is 0 Å². The van der Waals surface area contributed by atoms with Crippen LogP contribution >= 0.6 is 0 Å². The molecule has 4 N–H and O–H groups in total. The van der Waals surface area contributed by atoms with Crippen molar-refractivity contribution >= 4 is 23.5 Å². The van der Waals surface area contributed by atoms with Gasteiger partial charge in [0.15, 0.2) is 0 Å². The number of nitrogens with two attached hydrogens (primary N) is 1. The number of carbonyl (C=O) groups is 4. The second kappa shape index (κ2) is 10.9. The van der Waals surface area contributed by atoms with E-state index in [0.717, 1.165) is 32.1 Å². The molecule has 3 fully saturated rings. The fourth-order valence-electron chi connectivity index (χ4n) is 5.70. The van der Waals surface area contributed by atoms with Crippen molar-refractivity contribution in [2.75, 3.05) is 6.54 Å². The number of Topliss-reactive ketones (excluding diaryl/α,β-unsaturated/α-hetero) is 1. The third-order valence-corrected chi connectivity index (χ3v) is 7.53. The number of piperidine rings is 1. The first-order chi connectivity index (χ1) is 15.1. The summed E-state index contributed by atoms with van der Waals surface area (Å²) in [4.78, 5) is 51.1. The lowest BCUT2D eigenvalue weighted by Gasteiger charge is -2.36. The van der Waals surface area contributed by atoms with Crippen molar-refractivity contribution in [3.8, 4) is 0 Å². The average molecular weight is 450 g/mol. The summed E-state index contributed by atoms with van der Waals surface area (Å²) >= 11 is 0. The van der Waals surface area contributed by atoms with E-state index in [1.807, 2.05) is 6.92 Å². The number of aliphatic hydroxyl groups is 1. The van der Waals surface area contributed by atoms with E-state index in [-0.39, 0.29) is 79.7 Å². The van der Waals surface area contributed by atoms with E-state index in [4.69, 9.17) is 5.73 Å². The minimum atomic E-state index is -0.820. The molecule has 1 saturated heterocycles. The van der Waals surface area contributed by atoms with Gasteiger partial charge in [-0.1, -0.05) is 13.8 Å². The highest BCUT2D eigenvalue weighted by molar-refractivity contribution is 5.98. The summed E-state index contributed by atoms with van der Waals surface area (Å²) < 4.78 is 0. The highest BCUT2D eigenvalue weighted by atomic mass is 16.3. The summed E-state index contributed by atoms with van der Waals surface area (Å²) in [6.07, 6.45) is 4.90. The molecule has 0 spiro atoms. The molecule has 4 atom stereocenters. The standard InChI is InChI=1S/C24H39N3O5/c1-14-9-15(2)24(32)19(10-14)20(28)11-16-12-22(30)27(23(31)13-16)8-7-21(29)26-18-5-3-17(25)4-6-18/h14-20,28H,3-13,25H2,1-2H3,(H,26,29)/t14-,15?,17?,18?,19?,20+/m0/s1. The van der Waals surface area contributed by atoms with Crippen molar-refractivity contribution in [3.05, 3.63) is 0 Å². The number of amides is 3. The predicted molar refractivity (Wildman–Crippen MR) is 119 cm³/mol. The summed E-state index contributed by atoms with van der Waals surface area (Å²) in [5, 5.41) is 13.7. The number of imide groups is 1. The van der Waals surface area contributed by atoms with Gasteiger partial charge in [0.1, 0.15) is 5.78 Å². The first-order valence-corrected chi connectivity index (χ1v) is 12.2. The highest BCUT2D eigenvalue weighted by Gasteiger charge is 2.39. The van der Waals surface area contributed by atoms with Crippen molar-refractivity contribution in [2.24, 2.45) is 29.4 Å². The first-order valence-electron chi connectivity index (χ1n) is 12.2. The third-order valence-electron chi connectivity index (χ3n) is 7.53. The Morgan fingerprint density at radius 3 is 2.34 bits per heavy atom. The summed E-state index contributed by atoms with van der Waals surface area (Å²) in [6.45, 7) is 4.08. The Morgan fingerprint density at radius 2 is 1.72 bits per heavy atom. The molecule has 0 radical (unpaired) electrons. The maximum Gasteiger partial charge on any atom is 0.229 e. The molecule has 0 aromatic rings. The molecule has 0 bridgehead atoms. The fraction of sp³-hybridized carbons (Fsp3) is 0.833. The van der Waals surface area contributed by atoms with Gasteiger partial charge < -0.3 is 16.2 Å². The zero-order chi connectivity index (χ0) is 23.4. The number of hydrogen-bond donors (Lipinski definition) is 3. The van der Waals surface area contributed by atoms with Gasteiger partial charge in [-0.15, -0.1) is 0 Å². The molecule has 32 heavy (non-hydrogen) atoms. The first kappa shape index (κ1) is 24.8. The predicted octanol–water partition coefficient (Wildman–Crippen LogP) is 1.53. The van der Waals surface area contributed by atoms with E-state index in [1.165, 1.54) is 4.90 Å². The fourth-order valence-corrected chi connectivity index (χ4v) is 5.70. The lowest BCUT2D eigenvalue weighted by Crippen LogP contribution is -2.47. The molecule has 2 saturated carbocycles. The number of likely N-dealkylation sites (tertiary alicyclic amines) is 1. The average Bonchev–Trinajstić information content (AvgIpc) is 2.71. The quantitative estimate of drug-likeness (QED) is 0.506. The minimum Gasteiger partial charge on any atom is -0.392 e. The lowest BCUT2D eigenvalue weighted by molar-refractivity contribution is -0.150. The van der Waals surface area contributed by atoms with Crippen LogP contribution in [0.15, 0.2) is 0 Å². The number of hydrogen-bond acceptors (Lipinski definition) is 6. The molecular formula is C24H39N3O5. The molecule has 1 heterocycles. The van der Waals surface area contributed by atoms with Gasteiger partial charge in [-0.2, -0.15) is 0 Å². The van der Waals surface area contributed by atoms with E-state index >= 15 is 0 Å². The van der Waals surface area contributed by atoms with Crippen LogP contribution in [-0.4, -0.2) is 58.2 Å². The monoisotopic (exact) mass is 449 g/mol. The Kier molecular flexibility index (Phi) is 8.44. The molecule has 2 aliphatic carbocycles. The highest BCUT2D eigenvalue weighted by Crippen LogP contribution is 2.35. The molecule has 3 aliphatic rings. The molecule has 0 aromatic carbocycles. The van der Waals surface area contributed by atoms with Crippen LogP contribution in [0.1, 0.15) is 78.1 Å². The molecule has 3 rings (SSSR count). The summed E-state index contributed by atoms with van der Waals surface area (Å²) in [5.41, 5.74) is 5.89. The van der Waals surface area contributed by atoms with Crippen LogP contribution in [0.25, 0.3) is 0 Å². The minimum absolute atomic E-state index is 0.0556. The number of nitrogens with one attached hydrogen (secondary N) is 1. The number of rotatable bonds is 7. The molecule has 3 amide bonds. The topological polar surface area (TPSA) is 130 Å². The Bertz CT molecular complexity index is 700. The molecule has 0 aromatic heterocycles. The van der Waals surface area contributed by atoms with Crippen LogP contribution in [0, 0.1) is 23.7 Å². The molecule has 180 valence electrons. The maximum absolute atomic E-state index is 12.6. The number of ketones is 1. The van der Waals surface area contributed by atoms with Gasteiger partial charge >= 0.3 is 0 Å². The van der Waals surface area contributed by atoms with Gasteiger partial charge in [0.05, 0.1) is 6.10 Å². The van der Waals surface area contributed by atoms with Crippen molar-refractivity contribution in [1.29, 1.82) is 0 Å². The third kappa shape index (κ3) is 6.38. The van der Waals surface area contributed by atoms with Gasteiger partial charge in [0, 0.05) is 49.7 Å². The zero-order valence-corrected chi connectivity index (χ0v) is 19.4. The van der Waals surface area contributed by atoms with Gasteiger partial charge in [-0.05, 0) is 56.8 Å². The second-order valence-corrected chi connectivity index (χ2v) is 10.4. The van der Waals surface area contributed by atoms with Crippen LogP contribution in [0.3, 0.4) is 0 Å². The Morgan fingerprint density at radius 1 is 1.09 bits per heavy atom. The second-order valence-electron chi connectivity index (χ2n) is 10.4. The largest absolute Gasteiger partial charge is 0.392 e. The van der Waals surface area contributed by atoms with Gasteiger partial charge in [0.2, 0.25) is 17.7 Å². The Balaban J connectivity index is 1.44. The van der Waals surface area contributed by atoms with Gasteiger partial charge in [0.25, 0.3) is 0 Å². The van der Waals surface area contributed by atoms with Gasteiger partial charge in [-0.3, -0.25) is 24.1 Å². The SMILES string of the molecule is CC1C[C@H](C)CC([C@H](O)CC2CC(=O)N(CCC(=O)NC3CCC(N)CC3)C(=O)C2)C1=O. The Labute approximate surface area is 190 Å². The van der Waals surface area contributed by atoms with Crippen molar-refractivity contribution in [2.45, 2.75) is 96.2 Å². The number of carbonyl (C=O) groups excluding carboxylic acids is 4. The zero-order valence-electron chi connectivity index (χ0n) is 19.4. The van der Waals surface area contributed by atoms with E-state index in [9.17, 15) is 24.3 Å². The van der Waals surface area contributed by atoms with Crippen LogP contribution in [0.4, 0.5) is 0 Å². The summed E-state index contributed by atoms with van der Waals surface area (Å²) in [7, 11) is 0. The van der Waals surface area contributed by atoms with Crippen molar-refractivity contribution in [3.63, 3.8) is 0 Å². The lowest BCUT2D eigenvalue weighted by atomic mass is 9.71. The van der Waals surface area contributed by atoms with E-state index in [0.29, 0.717) is 12.3 Å². The molecular weight excluding hydrogens is 410 g/mol. The molecule has 1 aliphatic heterocycles. The van der Waals surface area contributed by atoms with E-state index in [2.05, 4.69) is 12.2 Å². The van der Waals surface area contributed by atoms with Crippen LogP contribution in [0.5, 0.6) is 0 Å². The number of nitrogens with zero attached hydrogens (tertiary/aromatic N) is 1. The summed E-state index contributed by atoms with van der Waals surface area (Å²) in [6, 6.07) is 0.329. The Hall–Kier alpha value is -1.80. The normalized spacial score (nSPS) is 33.3. The van der Waals surface area contributed by atoms with Crippen LogP contribution in [-0.2, 0) is 19.2 Å². The number of aliphatic hydroxyl groups excluding tert-OH is 1.